The summed E-state index contributed by atoms with van der Waals surface area (Å²) >= 11 is 0. The third-order valence-electron chi connectivity index (χ3n) is 3.46. The summed E-state index contributed by atoms with van der Waals surface area (Å²) in [5, 5.41) is 12.1. The molecular weight excluding hydrogens is 342 g/mol. The largest absolute Gasteiger partial charge is 0.481 e. The van der Waals surface area contributed by atoms with Gasteiger partial charge in [-0.1, -0.05) is 55.1 Å². The van der Waals surface area contributed by atoms with Crippen LogP contribution in [-0.4, -0.2) is 30.5 Å². The second-order valence-electron chi connectivity index (χ2n) is 6.36. The minimum atomic E-state index is -1.07. The normalized spacial score (nSPS) is 10.5. The number of rotatable bonds is 8. The first-order valence-electron chi connectivity index (χ1n) is 8.70. The van der Waals surface area contributed by atoms with Gasteiger partial charge in [0.15, 0.2) is 0 Å². The Hall–Kier alpha value is -3.26. The second kappa shape index (κ2) is 10.7. The zero-order valence-corrected chi connectivity index (χ0v) is 15.5. The molecule has 0 amide bonds. The number of carbonyl (C=O) groups is 1. The highest BCUT2D eigenvalue weighted by Crippen LogP contribution is 2.14. The number of carboxylic acid groups (broad SMARTS) is 1. The lowest BCUT2D eigenvalue weighted by atomic mass is 10.0. The first kappa shape index (κ1) is 20.1. The van der Waals surface area contributed by atoms with Crippen LogP contribution < -0.4 is 4.74 Å². The van der Waals surface area contributed by atoms with E-state index in [-0.39, 0.29) is 0 Å². The van der Waals surface area contributed by atoms with Crippen LogP contribution in [0.2, 0.25) is 0 Å². The number of benzene rings is 2. The van der Waals surface area contributed by atoms with Crippen molar-refractivity contribution in [2.24, 2.45) is 11.1 Å². The van der Waals surface area contributed by atoms with E-state index in [0.29, 0.717) is 12.5 Å². The van der Waals surface area contributed by atoms with Crippen molar-refractivity contribution in [3.8, 4) is 17.6 Å². The van der Waals surface area contributed by atoms with Crippen molar-refractivity contribution in [2.75, 3.05) is 13.2 Å². The summed E-state index contributed by atoms with van der Waals surface area (Å²) < 4.78 is 5.64. The zero-order chi connectivity index (χ0) is 19.5. The maximum absolute atomic E-state index is 10.3. The SMILES string of the molecule is CC(C)Cc1ccc(OCC#Cc2cccc(C=NOCC(=O)O)c2)cc1. The molecule has 0 spiro atoms. The molecule has 0 aromatic heterocycles. The Kier molecular flexibility index (Phi) is 7.92. The van der Waals surface area contributed by atoms with Gasteiger partial charge in [-0.15, -0.1) is 0 Å². The zero-order valence-electron chi connectivity index (χ0n) is 15.5. The molecule has 1 N–H and O–H groups in total. The highest BCUT2D eigenvalue weighted by molar-refractivity contribution is 5.79. The van der Waals surface area contributed by atoms with Gasteiger partial charge in [0.1, 0.15) is 12.4 Å². The molecule has 5 heteroatoms. The summed E-state index contributed by atoms with van der Waals surface area (Å²) in [7, 11) is 0. The van der Waals surface area contributed by atoms with Crippen LogP contribution in [0.3, 0.4) is 0 Å². The van der Waals surface area contributed by atoms with Crippen LogP contribution in [0.25, 0.3) is 0 Å². The van der Waals surface area contributed by atoms with Crippen LogP contribution in [0.1, 0.15) is 30.5 Å². The van der Waals surface area contributed by atoms with Crippen molar-refractivity contribution in [3.05, 3.63) is 65.2 Å². The molecule has 0 unspecified atom stereocenters. The van der Waals surface area contributed by atoms with E-state index >= 15 is 0 Å². The summed E-state index contributed by atoms with van der Waals surface area (Å²) in [4.78, 5) is 15.0. The van der Waals surface area contributed by atoms with Crippen molar-refractivity contribution in [3.63, 3.8) is 0 Å². The van der Waals surface area contributed by atoms with Gasteiger partial charge < -0.3 is 14.7 Å². The first-order valence-corrected chi connectivity index (χ1v) is 8.70. The molecule has 0 fully saturated rings. The van der Waals surface area contributed by atoms with Crippen LogP contribution in [-0.2, 0) is 16.1 Å². The molecule has 0 atom stereocenters. The Labute approximate surface area is 159 Å². The van der Waals surface area contributed by atoms with Gasteiger partial charge >= 0.3 is 5.97 Å². The number of aliphatic carboxylic acids is 1. The first-order chi connectivity index (χ1) is 13.0. The van der Waals surface area contributed by atoms with E-state index in [1.165, 1.54) is 11.8 Å². The Morgan fingerprint density at radius 1 is 1.22 bits per heavy atom. The molecule has 0 heterocycles. The molecule has 2 aromatic carbocycles. The van der Waals surface area contributed by atoms with E-state index in [0.717, 1.165) is 23.3 Å². The van der Waals surface area contributed by atoms with Crippen molar-refractivity contribution in [1.29, 1.82) is 0 Å². The van der Waals surface area contributed by atoms with E-state index in [9.17, 15) is 4.79 Å². The lowest BCUT2D eigenvalue weighted by Gasteiger charge is -2.06. The van der Waals surface area contributed by atoms with Crippen molar-refractivity contribution in [2.45, 2.75) is 20.3 Å². The van der Waals surface area contributed by atoms with Crippen LogP contribution in [0.15, 0.2) is 53.7 Å². The van der Waals surface area contributed by atoms with Gasteiger partial charge in [-0.25, -0.2) is 4.79 Å². The molecule has 0 saturated carbocycles. The van der Waals surface area contributed by atoms with E-state index < -0.39 is 12.6 Å². The second-order valence-corrected chi connectivity index (χ2v) is 6.36. The molecule has 0 aliphatic rings. The van der Waals surface area contributed by atoms with Gasteiger partial charge in [-0.3, -0.25) is 0 Å². The van der Waals surface area contributed by atoms with Gasteiger partial charge in [-0.2, -0.15) is 0 Å². The van der Waals surface area contributed by atoms with Crippen LogP contribution >= 0.6 is 0 Å². The minimum Gasteiger partial charge on any atom is -0.481 e. The van der Waals surface area contributed by atoms with Gasteiger partial charge in [0.25, 0.3) is 0 Å². The summed E-state index contributed by atoms with van der Waals surface area (Å²) in [5.74, 6) is 6.37. The monoisotopic (exact) mass is 365 g/mol. The number of nitrogens with zero attached hydrogens (tertiary/aromatic N) is 1. The van der Waals surface area contributed by atoms with Crippen LogP contribution in [0, 0.1) is 17.8 Å². The summed E-state index contributed by atoms with van der Waals surface area (Å²) in [6.07, 6.45) is 2.50. The van der Waals surface area contributed by atoms with Crippen LogP contribution in [0.4, 0.5) is 0 Å². The Morgan fingerprint density at radius 2 is 2.00 bits per heavy atom. The molecular formula is C22H23NO4. The topological polar surface area (TPSA) is 68.1 Å². The molecule has 27 heavy (non-hydrogen) atoms. The van der Waals surface area contributed by atoms with Gasteiger partial charge in [-0.05, 0) is 47.7 Å². The third-order valence-corrected chi connectivity index (χ3v) is 3.46. The van der Waals surface area contributed by atoms with Gasteiger partial charge in [0, 0.05) is 5.56 Å². The maximum Gasteiger partial charge on any atom is 0.344 e. The number of hydrogen-bond acceptors (Lipinski definition) is 4. The molecule has 0 aliphatic heterocycles. The fraction of sp³-hybridized carbons (Fsp3) is 0.273. The predicted octanol–water partition coefficient (Wildman–Crippen LogP) is 3.75. The smallest absolute Gasteiger partial charge is 0.344 e. The maximum atomic E-state index is 10.3. The van der Waals surface area contributed by atoms with E-state index in [2.05, 4.69) is 47.8 Å². The third kappa shape index (κ3) is 8.10. The summed E-state index contributed by atoms with van der Waals surface area (Å²) in [6.45, 7) is 4.23. The summed E-state index contributed by atoms with van der Waals surface area (Å²) in [6, 6.07) is 15.5. The van der Waals surface area contributed by atoms with E-state index in [4.69, 9.17) is 9.84 Å². The Morgan fingerprint density at radius 3 is 2.70 bits per heavy atom. The molecule has 5 nitrogen and oxygen atoms in total. The average Bonchev–Trinajstić information content (AvgIpc) is 2.63. The predicted molar refractivity (Wildman–Crippen MR) is 105 cm³/mol. The Bertz CT molecular complexity index is 829. The molecule has 0 saturated heterocycles. The average molecular weight is 365 g/mol. The molecule has 0 aliphatic carbocycles. The van der Waals surface area contributed by atoms with Crippen LogP contribution in [0.5, 0.6) is 5.75 Å². The molecule has 0 bridgehead atoms. The fourth-order valence-electron chi connectivity index (χ4n) is 2.34. The van der Waals surface area contributed by atoms with Crippen molar-refractivity contribution in [1.82, 2.24) is 0 Å². The fourth-order valence-corrected chi connectivity index (χ4v) is 2.34. The lowest BCUT2D eigenvalue weighted by molar-refractivity contribution is -0.142. The standard InChI is InChI=1S/C22H23NO4/c1-17(2)13-19-8-10-21(11-9-19)26-12-4-7-18-5-3-6-20(14-18)15-23-27-16-22(24)25/h3,5-6,8-11,14-15,17H,12-13,16H2,1-2H3,(H,24,25). The van der Waals surface area contributed by atoms with Crippen molar-refractivity contribution >= 4 is 12.2 Å². The minimum absolute atomic E-state index is 0.295. The highest BCUT2D eigenvalue weighted by atomic mass is 16.6. The highest BCUT2D eigenvalue weighted by Gasteiger charge is 1.98. The van der Waals surface area contributed by atoms with Gasteiger partial charge in [0.05, 0.1) is 6.21 Å². The quantitative estimate of drug-likeness (QED) is 0.439. The number of ether oxygens (including phenoxy) is 1. The van der Waals surface area contributed by atoms with Crippen molar-refractivity contribution < 1.29 is 19.5 Å². The molecule has 2 rings (SSSR count). The Balaban J connectivity index is 1.85. The van der Waals surface area contributed by atoms with E-state index in [1.54, 1.807) is 0 Å². The molecule has 0 radical (unpaired) electrons. The number of hydrogen-bond donors (Lipinski definition) is 1. The summed E-state index contributed by atoms with van der Waals surface area (Å²) in [5.41, 5.74) is 2.89. The molecule has 140 valence electrons. The molecule has 2 aromatic rings. The number of carboxylic acids is 1. The van der Waals surface area contributed by atoms with Gasteiger partial charge in [0.2, 0.25) is 6.61 Å². The lowest BCUT2D eigenvalue weighted by Crippen LogP contribution is -2.03. The number of oxime groups is 1. The van der Waals surface area contributed by atoms with E-state index in [1.807, 2.05) is 36.4 Å².